The zero-order valence-corrected chi connectivity index (χ0v) is 9.87. The Kier molecular flexibility index (Phi) is 4.09. The number of hydrogen-bond donors (Lipinski definition) is 0. The van der Waals surface area contributed by atoms with Crippen molar-refractivity contribution in [2.75, 3.05) is 25.9 Å². The predicted molar refractivity (Wildman–Crippen MR) is 62.7 cm³/mol. The summed E-state index contributed by atoms with van der Waals surface area (Å²) >= 11 is 0. The molecular weight excluding hydrogens is 191 g/mol. The number of anilines is 1. The van der Waals surface area contributed by atoms with Gasteiger partial charge in [0, 0.05) is 14.1 Å². The molecular formula is C12H19FN2. The predicted octanol–water partition coefficient (Wildman–Crippen LogP) is 3.02. The third-order valence-electron chi connectivity index (χ3n) is 2.62. The van der Waals surface area contributed by atoms with Gasteiger partial charge in [0.2, 0.25) is 0 Å². The molecule has 1 aromatic carbocycles. The van der Waals surface area contributed by atoms with Gasteiger partial charge in [0.05, 0.1) is 5.69 Å². The van der Waals surface area contributed by atoms with Gasteiger partial charge in [0.15, 0.2) is 6.80 Å². The molecule has 15 heavy (non-hydrogen) atoms. The van der Waals surface area contributed by atoms with Gasteiger partial charge in [-0.05, 0) is 23.6 Å². The normalized spacial score (nSPS) is 11.1. The summed E-state index contributed by atoms with van der Waals surface area (Å²) in [6.07, 6.45) is 0. The maximum atomic E-state index is 12.4. The van der Waals surface area contributed by atoms with E-state index in [-0.39, 0.29) is 0 Å². The second kappa shape index (κ2) is 5.12. The molecule has 0 aliphatic carbocycles. The lowest BCUT2D eigenvalue weighted by molar-refractivity contribution is 0.217. The molecule has 0 N–H and O–H groups in total. The zero-order chi connectivity index (χ0) is 11.4. The Labute approximate surface area is 91.3 Å². The Morgan fingerprint density at radius 2 is 1.67 bits per heavy atom. The minimum Gasteiger partial charge on any atom is -0.307 e. The fourth-order valence-corrected chi connectivity index (χ4v) is 1.35. The third-order valence-corrected chi connectivity index (χ3v) is 2.62. The van der Waals surface area contributed by atoms with Gasteiger partial charge in [0.1, 0.15) is 0 Å². The SMILES string of the molecule is CC(C)c1ccc(N(C)N(C)CF)cc1. The standard InChI is InChI=1S/C12H19FN2/c1-10(2)11-5-7-12(8-6-11)15(4)14(3)9-13/h5-8,10H,9H2,1-4H3. The number of rotatable bonds is 4. The molecule has 0 heterocycles. The molecule has 0 fully saturated rings. The van der Waals surface area contributed by atoms with Gasteiger partial charge in [0.25, 0.3) is 0 Å². The summed E-state index contributed by atoms with van der Waals surface area (Å²) in [5.74, 6) is 0.531. The van der Waals surface area contributed by atoms with E-state index >= 15 is 0 Å². The second-order valence-electron chi connectivity index (χ2n) is 4.05. The molecule has 1 aromatic rings. The van der Waals surface area contributed by atoms with Crippen molar-refractivity contribution in [1.29, 1.82) is 0 Å². The smallest absolute Gasteiger partial charge is 0.159 e. The van der Waals surface area contributed by atoms with Crippen LogP contribution in [0.3, 0.4) is 0 Å². The highest BCUT2D eigenvalue weighted by Crippen LogP contribution is 2.19. The molecule has 0 aliphatic rings. The van der Waals surface area contributed by atoms with Crippen molar-refractivity contribution in [3.63, 3.8) is 0 Å². The van der Waals surface area contributed by atoms with Crippen LogP contribution in [-0.4, -0.2) is 25.9 Å². The van der Waals surface area contributed by atoms with Crippen LogP contribution in [0.25, 0.3) is 0 Å². The van der Waals surface area contributed by atoms with Gasteiger partial charge < -0.3 is 5.01 Å². The molecule has 0 spiro atoms. The van der Waals surface area contributed by atoms with E-state index < -0.39 is 6.80 Å². The summed E-state index contributed by atoms with van der Waals surface area (Å²) < 4.78 is 12.4. The highest BCUT2D eigenvalue weighted by atomic mass is 19.1. The minimum atomic E-state index is -0.484. The van der Waals surface area contributed by atoms with Crippen molar-refractivity contribution in [2.24, 2.45) is 0 Å². The van der Waals surface area contributed by atoms with E-state index in [1.165, 1.54) is 10.6 Å². The topological polar surface area (TPSA) is 6.48 Å². The van der Waals surface area contributed by atoms with Crippen LogP contribution in [0.15, 0.2) is 24.3 Å². The summed E-state index contributed by atoms with van der Waals surface area (Å²) in [5.41, 5.74) is 2.30. The third kappa shape index (κ3) is 2.93. The summed E-state index contributed by atoms with van der Waals surface area (Å²) in [7, 11) is 3.57. The van der Waals surface area contributed by atoms with Crippen molar-refractivity contribution in [1.82, 2.24) is 5.01 Å². The van der Waals surface area contributed by atoms with Crippen LogP contribution in [-0.2, 0) is 0 Å². The lowest BCUT2D eigenvalue weighted by Crippen LogP contribution is -2.35. The molecule has 0 saturated heterocycles. The van der Waals surface area contributed by atoms with Crippen molar-refractivity contribution in [3.05, 3.63) is 29.8 Å². The Morgan fingerprint density at radius 3 is 2.07 bits per heavy atom. The van der Waals surface area contributed by atoms with Crippen molar-refractivity contribution >= 4 is 5.69 Å². The summed E-state index contributed by atoms with van der Waals surface area (Å²) in [6, 6.07) is 8.20. The minimum absolute atomic E-state index is 0.484. The maximum absolute atomic E-state index is 12.4. The molecule has 0 amide bonds. The molecule has 0 aromatic heterocycles. The number of alkyl halides is 1. The van der Waals surface area contributed by atoms with Crippen molar-refractivity contribution in [2.45, 2.75) is 19.8 Å². The fourth-order valence-electron chi connectivity index (χ4n) is 1.35. The van der Waals surface area contributed by atoms with E-state index in [0.717, 1.165) is 5.69 Å². The first-order valence-corrected chi connectivity index (χ1v) is 5.17. The summed E-state index contributed by atoms with van der Waals surface area (Å²) in [4.78, 5) is 0. The summed E-state index contributed by atoms with van der Waals surface area (Å²) in [5, 5.41) is 3.31. The van der Waals surface area contributed by atoms with Crippen LogP contribution >= 0.6 is 0 Å². The Hall–Kier alpha value is -1.09. The van der Waals surface area contributed by atoms with Gasteiger partial charge >= 0.3 is 0 Å². The van der Waals surface area contributed by atoms with Gasteiger partial charge in [-0.3, -0.25) is 0 Å². The van der Waals surface area contributed by atoms with Crippen LogP contribution in [0.5, 0.6) is 0 Å². The average Bonchev–Trinajstić information content (AvgIpc) is 2.27. The molecule has 0 atom stereocenters. The van der Waals surface area contributed by atoms with Crippen LogP contribution in [0.2, 0.25) is 0 Å². The highest BCUT2D eigenvalue weighted by molar-refractivity contribution is 5.46. The van der Waals surface area contributed by atoms with E-state index in [2.05, 4.69) is 26.0 Å². The Balaban J connectivity index is 2.79. The zero-order valence-electron chi connectivity index (χ0n) is 9.87. The molecule has 0 bridgehead atoms. The van der Waals surface area contributed by atoms with E-state index in [1.807, 2.05) is 19.2 Å². The first-order valence-electron chi connectivity index (χ1n) is 5.17. The average molecular weight is 210 g/mol. The molecule has 2 nitrogen and oxygen atoms in total. The van der Waals surface area contributed by atoms with Gasteiger partial charge in [-0.15, -0.1) is 0 Å². The molecule has 3 heteroatoms. The molecule has 0 radical (unpaired) electrons. The number of benzene rings is 1. The number of hydrazine groups is 1. The second-order valence-corrected chi connectivity index (χ2v) is 4.05. The fraction of sp³-hybridized carbons (Fsp3) is 0.500. The van der Waals surface area contributed by atoms with Crippen LogP contribution in [0, 0.1) is 0 Å². The summed E-state index contributed by atoms with van der Waals surface area (Å²) in [6.45, 7) is 3.83. The Bertz CT molecular complexity index is 295. The van der Waals surface area contributed by atoms with Crippen molar-refractivity contribution < 1.29 is 4.39 Å². The number of hydrogen-bond acceptors (Lipinski definition) is 2. The van der Waals surface area contributed by atoms with Crippen LogP contribution in [0.4, 0.5) is 10.1 Å². The van der Waals surface area contributed by atoms with Gasteiger partial charge in [-0.25, -0.2) is 4.39 Å². The lowest BCUT2D eigenvalue weighted by atomic mass is 10.0. The molecule has 84 valence electrons. The first kappa shape index (κ1) is 12.0. The van der Waals surface area contributed by atoms with E-state index in [4.69, 9.17) is 0 Å². The Morgan fingerprint density at radius 1 is 1.13 bits per heavy atom. The van der Waals surface area contributed by atoms with Crippen LogP contribution in [0.1, 0.15) is 25.3 Å². The molecule has 0 aliphatic heterocycles. The molecule has 0 saturated carbocycles. The maximum Gasteiger partial charge on any atom is 0.159 e. The van der Waals surface area contributed by atoms with E-state index in [9.17, 15) is 4.39 Å². The van der Waals surface area contributed by atoms with E-state index in [0.29, 0.717) is 5.92 Å². The largest absolute Gasteiger partial charge is 0.307 e. The van der Waals surface area contributed by atoms with Crippen LogP contribution < -0.4 is 5.01 Å². The quantitative estimate of drug-likeness (QED) is 0.556. The van der Waals surface area contributed by atoms with Gasteiger partial charge in [-0.1, -0.05) is 26.0 Å². The van der Waals surface area contributed by atoms with Crippen molar-refractivity contribution in [3.8, 4) is 0 Å². The number of nitrogens with zero attached hydrogens (tertiary/aromatic N) is 2. The first-order chi connectivity index (χ1) is 7.06. The van der Waals surface area contributed by atoms with E-state index in [1.54, 1.807) is 12.1 Å². The van der Waals surface area contributed by atoms with Gasteiger partial charge in [-0.2, -0.15) is 5.01 Å². The lowest BCUT2D eigenvalue weighted by Gasteiger charge is -2.27. The monoisotopic (exact) mass is 210 g/mol. The number of halogens is 1. The molecule has 0 unspecified atom stereocenters. The molecule has 1 rings (SSSR count). The highest BCUT2D eigenvalue weighted by Gasteiger charge is 2.06.